The summed E-state index contributed by atoms with van der Waals surface area (Å²) >= 11 is 0. The van der Waals surface area contributed by atoms with E-state index < -0.39 is 8.32 Å². The molecule has 0 amide bonds. The second kappa shape index (κ2) is 10.1. The summed E-state index contributed by atoms with van der Waals surface area (Å²) in [6, 6.07) is 9.09. The Morgan fingerprint density at radius 3 is 1.92 bits per heavy atom. The number of hydrogen-bond donors (Lipinski definition) is 0. The number of carbonyl (C=O) groups excluding carboxylic acids is 1. The van der Waals surface area contributed by atoms with Gasteiger partial charge in [-0.2, -0.15) is 0 Å². The highest BCUT2D eigenvalue weighted by atomic mass is 28.4. The SMILES string of the molecule is C=C(CO[Si](C(C)C)(C(C)C)C(C)C)C(CC)OC(=O)c1ccccc1. The third kappa shape index (κ3) is 5.30. The molecule has 0 bridgehead atoms. The van der Waals surface area contributed by atoms with Crippen molar-refractivity contribution in [3.05, 3.63) is 48.0 Å². The monoisotopic (exact) mass is 376 g/mol. The number of ether oxygens (including phenoxy) is 1. The summed E-state index contributed by atoms with van der Waals surface area (Å²) in [5, 5.41) is 0. The first-order valence-electron chi connectivity index (χ1n) is 9.74. The third-order valence-electron chi connectivity index (χ3n) is 5.30. The van der Waals surface area contributed by atoms with E-state index in [-0.39, 0.29) is 12.1 Å². The Balaban J connectivity index is 2.81. The molecule has 0 saturated carbocycles. The van der Waals surface area contributed by atoms with E-state index >= 15 is 0 Å². The van der Waals surface area contributed by atoms with Crippen LogP contribution in [-0.2, 0) is 9.16 Å². The molecule has 1 atom stereocenters. The molecule has 0 heterocycles. The van der Waals surface area contributed by atoms with Gasteiger partial charge in [0.1, 0.15) is 6.10 Å². The predicted molar refractivity (Wildman–Crippen MR) is 112 cm³/mol. The molecule has 0 radical (unpaired) electrons. The zero-order valence-electron chi connectivity index (χ0n) is 17.5. The van der Waals surface area contributed by atoms with E-state index in [0.29, 0.717) is 35.2 Å². The molecule has 0 saturated heterocycles. The number of esters is 1. The first-order chi connectivity index (χ1) is 12.2. The fourth-order valence-electron chi connectivity index (χ4n) is 4.04. The number of hydrogen-bond acceptors (Lipinski definition) is 3. The van der Waals surface area contributed by atoms with Crippen LogP contribution >= 0.6 is 0 Å². The van der Waals surface area contributed by atoms with Gasteiger partial charge in [0.05, 0.1) is 12.2 Å². The molecule has 0 N–H and O–H groups in total. The fourth-order valence-corrected chi connectivity index (χ4v) is 9.47. The van der Waals surface area contributed by atoms with Crippen LogP contribution < -0.4 is 0 Å². The van der Waals surface area contributed by atoms with E-state index in [0.717, 1.165) is 5.57 Å². The van der Waals surface area contributed by atoms with Gasteiger partial charge in [0.15, 0.2) is 0 Å². The van der Waals surface area contributed by atoms with E-state index in [1.165, 1.54) is 0 Å². The Kier molecular flexibility index (Phi) is 8.77. The molecule has 1 rings (SSSR count). The molecule has 0 fully saturated rings. The van der Waals surface area contributed by atoms with Crippen LogP contribution in [0.4, 0.5) is 0 Å². The molecule has 4 heteroatoms. The van der Waals surface area contributed by atoms with E-state index in [1.807, 2.05) is 25.1 Å². The van der Waals surface area contributed by atoms with Crippen molar-refractivity contribution in [2.45, 2.75) is 77.6 Å². The van der Waals surface area contributed by atoms with E-state index in [4.69, 9.17) is 9.16 Å². The zero-order chi connectivity index (χ0) is 19.9. The van der Waals surface area contributed by atoms with Crippen LogP contribution in [0.3, 0.4) is 0 Å². The largest absolute Gasteiger partial charge is 0.454 e. The number of rotatable bonds is 10. The van der Waals surface area contributed by atoms with Crippen molar-refractivity contribution in [3.8, 4) is 0 Å². The van der Waals surface area contributed by atoms with E-state index in [1.54, 1.807) is 12.1 Å². The second-order valence-electron chi connectivity index (χ2n) is 7.93. The van der Waals surface area contributed by atoms with Gasteiger partial charge in [0, 0.05) is 0 Å². The molecule has 1 unspecified atom stereocenters. The first-order valence-corrected chi connectivity index (χ1v) is 11.9. The Morgan fingerprint density at radius 1 is 1.00 bits per heavy atom. The summed E-state index contributed by atoms with van der Waals surface area (Å²) in [7, 11) is -1.95. The highest BCUT2D eigenvalue weighted by Crippen LogP contribution is 2.42. The third-order valence-corrected chi connectivity index (χ3v) is 11.4. The van der Waals surface area contributed by atoms with Crippen LogP contribution in [0.25, 0.3) is 0 Å². The first kappa shape index (κ1) is 22.6. The summed E-state index contributed by atoms with van der Waals surface area (Å²) in [5.74, 6) is -0.307. The normalized spacial score (nSPS) is 13.3. The molecular weight excluding hydrogens is 340 g/mol. The van der Waals surface area contributed by atoms with Crippen LogP contribution in [0.1, 0.15) is 65.2 Å². The summed E-state index contributed by atoms with van der Waals surface area (Å²) in [4.78, 5) is 12.3. The summed E-state index contributed by atoms with van der Waals surface area (Å²) in [6.07, 6.45) is 0.376. The van der Waals surface area contributed by atoms with Crippen molar-refractivity contribution < 1.29 is 14.0 Å². The Morgan fingerprint density at radius 2 is 1.50 bits per heavy atom. The van der Waals surface area contributed by atoms with Crippen molar-refractivity contribution in [2.24, 2.45) is 0 Å². The number of carbonyl (C=O) groups is 1. The molecule has 0 spiro atoms. The van der Waals surface area contributed by atoms with Gasteiger partial charge in [-0.15, -0.1) is 0 Å². The molecule has 146 valence electrons. The zero-order valence-corrected chi connectivity index (χ0v) is 18.5. The molecule has 1 aromatic rings. The van der Waals surface area contributed by atoms with Crippen molar-refractivity contribution in [3.63, 3.8) is 0 Å². The minimum Gasteiger partial charge on any atom is -0.454 e. The highest BCUT2D eigenvalue weighted by Gasteiger charge is 2.45. The standard InChI is InChI=1S/C22H36O3Si/c1-9-21(25-22(23)20-13-11-10-12-14-20)19(8)15-24-26(16(2)3,17(4)5)18(6)7/h10-14,16-18,21H,8-9,15H2,1-7H3. The molecule has 0 aliphatic rings. The summed E-state index contributed by atoms with van der Waals surface area (Å²) < 4.78 is 12.3. The van der Waals surface area contributed by atoms with Crippen LogP contribution in [0, 0.1) is 0 Å². The lowest BCUT2D eigenvalue weighted by atomic mass is 10.1. The van der Waals surface area contributed by atoms with Gasteiger partial charge in [0.2, 0.25) is 8.32 Å². The van der Waals surface area contributed by atoms with Gasteiger partial charge in [-0.3, -0.25) is 0 Å². The van der Waals surface area contributed by atoms with Crippen molar-refractivity contribution in [1.29, 1.82) is 0 Å². The predicted octanol–water partition coefficient (Wildman–Crippen LogP) is 6.37. The Bertz CT molecular complexity index is 557. The molecular formula is C22H36O3Si. The minimum atomic E-state index is -1.95. The summed E-state index contributed by atoms with van der Waals surface area (Å²) in [6.45, 7) is 20.2. The topological polar surface area (TPSA) is 35.5 Å². The van der Waals surface area contributed by atoms with Crippen molar-refractivity contribution in [1.82, 2.24) is 0 Å². The van der Waals surface area contributed by atoms with Crippen LogP contribution in [0.2, 0.25) is 16.6 Å². The molecule has 0 aliphatic heterocycles. The summed E-state index contributed by atoms with van der Waals surface area (Å²) in [5.41, 5.74) is 2.96. The van der Waals surface area contributed by atoms with Gasteiger partial charge in [-0.25, -0.2) is 4.79 Å². The molecule has 0 aromatic heterocycles. The maximum Gasteiger partial charge on any atom is 0.338 e. The lowest BCUT2D eigenvalue weighted by molar-refractivity contribution is 0.0350. The maximum absolute atomic E-state index is 12.3. The molecule has 0 aliphatic carbocycles. The highest BCUT2D eigenvalue weighted by molar-refractivity contribution is 6.77. The van der Waals surface area contributed by atoms with Gasteiger partial charge in [0.25, 0.3) is 0 Å². The fraction of sp³-hybridized carbons (Fsp3) is 0.591. The average molecular weight is 377 g/mol. The maximum atomic E-state index is 12.3. The molecule has 3 nitrogen and oxygen atoms in total. The van der Waals surface area contributed by atoms with E-state index in [2.05, 4.69) is 48.1 Å². The quantitative estimate of drug-likeness (QED) is 0.270. The van der Waals surface area contributed by atoms with Crippen LogP contribution in [0.15, 0.2) is 42.5 Å². The van der Waals surface area contributed by atoms with Crippen LogP contribution in [-0.4, -0.2) is 27.0 Å². The lowest BCUT2D eigenvalue weighted by Gasteiger charge is -2.42. The van der Waals surface area contributed by atoms with E-state index in [9.17, 15) is 4.79 Å². The van der Waals surface area contributed by atoms with Gasteiger partial charge < -0.3 is 9.16 Å². The molecule has 1 aromatic carbocycles. The second-order valence-corrected chi connectivity index (χ2v) is 13.4. The smallest absolute Gasteiger partial charge is 0.338 e. The average Bonchev–Trinajstić information content (AvgIpc) is 2.59. The van der Waals surface area contributed by atoms with Gasteiger partial charge in [-0.1, -0.05) is 73.2 Å². The van der Waals surface area contributed by atoms with Crippen molar-refractivity contribution in [2.75, 3.05) is 6.61 Å². The Hall–Kier alpha value is -1.39. The van der Waals surface area contributed by atoms with Gasteiger partial charge in [-0.05, 0) is 40.8 Å². The van der Waals surface area contributed by atoms with Gasteiger partial charge >= 0.3 is 5.97 Å². The lowest BCUT2D eigenvalue weighted by Crippen LogP contribution is -2.48. The molecule has 26 heavy (non-hydrogen) atoms. The van der Waals surface area contributed by atoms with Crippen LogP contribution in [0.5, 0.6) is 0 Å². The van der Waals surface area contributed by atoms with Crippen molar-refractivity contribution >= 4 is 14.3 Å². The Labute approximate surface area is 160 Å². The number of benzene rings is 1. The minimum absolute atomic E-state index is 0.307.